The molecule has 0 aliphatic heterocycles. The maximum atomic E-state index is 11.9. The van der Waals surface area contributed by atoms with Crippen LogP contribution in [0, 0.1) is 32.1 Å². The average Bonchev–Trinajstić information content (AvgIpc) is 2.45. The Morgan fingerprint density at radius 1 is 1.18 bits per heavy atom. The number of benzene rings is 1. The van der Waals surface area contributed by atoms with Gasteiger partial charge in [0.1, 0.15) is 17.4 Å². The van der Waals surface area contributed by atoms with Crippen LogP contribution in [0.2, 0.25) is 0 Å². The van der Waals surface area contributed by atoms with Crippen LogP contribution in [0.4, 0.5) is 0 Å². The van der Waals surface area contributed by atoms with Gasteiger partial charge in [0, 0.05) is 11.3 Å². The summed E-state index contributed by atoms with van der Waals surface area (Å²) in [6, 6.07) is 7.77. The third kappa shape index (κ3) is 3.04. The van der Waals surface area contributed by atoms with Crippen molar-refractivity contribution in [2.24, 2.45) is 0 Å². The third-order valence-corrected chi connectivity index (χ3v) is 3.50. The number of H-pyrrole nitrogens is 1. The van der Waals surface area contributed by atoms with Gasteiger partial charge in [-0.25, -0.2) is 0 Å². The molecule has 114 valence electrons. The lowest BCUT2D eigenvalue weighted by Gasteiger charge is -2.14. The SMILES string of the molecule is CCCOc1c(C)cc(-c2cc(C)[nH]c(=O)c2C#N)cc1C. The summed E-state index contributed by atoms with van der Waals surface area (Å²) >= 11 is 0. The molecule has 1 aromatic heterocycles. The van der Waals surface area contributed by atoms with Crippen molar-refractivity contribution >= 4 is 0 Å². The Morgan fingerprint density at radius 3 is 2.36 bits per heavy atom. The van der Waals surface area contributed by atoms with Crippen LogP contribution in [-0.4, -0.2) is 11.6 Å². The van der Waals surface area contributed by atoms with Gasteiger partial charge in [0.15, 0.2) is 0 Å². The Kier molecular flexibility index (Phi) is 4.67. The fourth-order valence-electron chi connectivity index (χ4n) is 2.56. The van der Waals surface area contributed by atoms with Crippen LogP contribution in [0.5, 0.6) is 5.75 Å². The molecular weight excluding hydrogens is 276 g/mol. The summed E-state index contributed by atoms with van der Waals surface area (Å²) in [5.41, 5.74) is 4.07. The van der Waals surface area contributed by atoms with Crippen molar-refractivity contribution in [2.75, 3.05) is 6.61 Å². The number of nitrogens with zero attached hydrogens (tertiary/aromatic N) is 1. The van der Waals surface area contributed by atoms with E-state index in [1.165, 1.54) is 0 Å². The maximum absolute atomic E-state index is 11.9. The molecule has 0 bridgehead atoms. The molecular formula is C18H20N2O2. The van der Waals surface area contributed by atoms with E-state index in [1.807, 2.05) is 45.0 Å². The summed E-state index contributed by atoms with van der Waals surface area (Å²) < 4.78 is 5.78. The van der Waals surface area contributed by atoms with E-state index in [-0.39, 0.29) is 11.1 Å². The van der Waals surface area contributed by atoms with Gasteiger partial charge in [-0.05, 0) is 62.1 Å². The molecule has 0 spiro atoms. The topological polar surface area (TPSA) is 65.9 Å². The number of hydrogen-bond acceptors (Lipinski definition) is 3. The molecule has 2 rings (SSSR count). The van der Waals surface area contributed by atoms with Gasteiger partial charge in [-0.2, -0.15) is 5.26 Å². The highest BCUT2D eigenvalue weighted by molar-refractivity contribution is 5.72. The number of nitriles is 1. The van der Waals surface area contributed by atoms with Crippen molar-refractivity contribution < 1.29 is 4.74 Å². The van der Waals surface area contributed by atoms with E-state index >= 15 is 0 Å². The summed E-state index contributed by atoms with van der Waals surface area (Å²) in [7, 11) is 0. The molecule has 4 nitrogen and oxygen atoms in total. The Hall–Kier alpha value is -2.54. The fraction of sp³-hybridized carbons (Fsp3) is 0.333. The summed E-state index contributed by atoms with van der Waals surface area (Å²) in [4.78, 5) is 14.6. The highest BCUT2D eigenvalue weighted by Gasteiger charge is 2.13. The van der Waals surface area contributed by atoms with Crippen molar-refractivity contribution in [1.29, 1.82) is 5.26 Å². The predicted molar refractivity (Wildman–Crippen MR) is 87.2 cm³/mol. The van der Waals surface area contributed by atoms with Crippen LogP contribution < -0.4 is 10.3 Å². The Labute approximate surface area is 130 Å². The molecule has 0 saturated carbocycles. The first-order valence-electron chi connectivity index (χ1n) is 7.36. The van der Waals surface area contributed by atoms with Gasteiger partial charge in [0.25, 0.3) is 5.56 Å². The van der Waals surface area contributed by atoms with Crippen molar-refractivity contribution in [2.45, 2.75) is 34.1 Å². The molecule has 2 aromatic rings. The minimum Gasteiger partial charge on any atom is -0.493 e. The molecule has 0 atom stereocenters. The van der Waals surface area contributed by atoms with E-state index in [2.05, 4.69) is 11.9 Å². The van der Waals surface area contributed by atoms with E-state index in [0.717, 1.165) is 34.6 Å². The number of nitrogens with one attached hydrogen (secondary N) is 1. The molecule has 22 heavy (non-hydrogen) atoms. The van der Waals surface area contributed by atoms with E-state index < -0.39 is 0 Å². The molecule has 4 heteroatoms. The largest absolute Gasteiger partial charge is 0.493 e. The summed E-state index contributed by atoms with van der Waals surface area (Å²) in [6.07, 6.45) is 0.951. The molecule has 1 aromatic carbocycles. The Balaban J connectivity index is 2.61. The maximum Gasteiger partial charge on any atom is 0.266 e. The molecule has 1 N–H and O–H groups in total. The smallest absolute Gasteiger partial charge is 0.266 e. The first-order chi connectivity index (χ1) is 10.5. The molecule has 0 saturated heterocycles. The van der Waals surface area contributed by atoms with E-state index in [0.29, 0.717) is 12.2 Å². The fourth-order valence-corrected chi connectivity index (χ4v) is 2.56. The molecule has 0 radical (unpaired) electrons. The number of pyridine rings is 1. The van der Waals surface area contributed by atoms with Gasteiger partial charge in [-0.15, -0.1) is 0 Å². The molecule has 0 amide bonds. The molecule has 0 aliphatic rings. The minimum atomic E-state index is -0.348. The standard InChI is InChI=1S/C18H20N2O2/c1-5-6-22-17-11(2)7-14(8-12(17)3)15-9-13(4)20-18(21)16(15)10-19/h7-9H,5-6H2,1-4H3,(H,20,21). The molecule has 0 unspecified atom stereocenters. The summed E-state index contributed by atoms with van der Waals surface area (Å²) in [5, 5.41) is 9.27. The zero-order valence-electron chi connectivity index (χ0n) is 13.4. The lowest BCUT2D eigenvalue weighted by molar-refractivity contribution is 0.313. The van der Waals surface area contributed by atoms with Gasteiger partial charge < -0.3 is 9.72 Å². The van der Waals surface area contributed by atoms with Crippen LogP contribution in [0.3, 0.4) is 0 Å². The lowest BCUT2D eigenvalue weighted by atomic mass is 9.97. The first-order valence-corrected chi connectivity index (χ1v) is 7.36. The monoisotopic (exact) mass is 296 g/mol. The second kappa shape index (κ2) is 6.48. The quantitative estimate of drug-likeness (QED) is 0.937. The predicted octanol–water partition coefficient (Wildman–Crippen LogP) is 3.63. The zero-order valence-corrected chi connectivity index (χ0v) is 13.4. The van der Waals surface area contributed by atoms with Crippen LogP contribution in [0.1, 0.15) is 35.7 Å². The van der Waals surface area contributed by atoms with Crippen molar-refractivity contribution in [3.8, 4) is 22.9 Å². The van der Waals surface area contributed by atoms with Crippen LogP contribution in [0.15, 0.2) is 23.0 Å². The molecule has 0 fully saturated rings. The summed E-state index contributed by atoms with van der Waals surface area (Å²) in [6.45, 7) is 8.51. The minimum absolute atomic E-state index is 0.145. The number of ether oxygens (including phenoxy) is 1. The van der Waals surface area contributed by atoms with Crippen LogP contribution in [0.25, 0.3) is 11.1 Å². The van der Waals surface area contributed by atoms with E-state index in [4.69, 9.17) is 4.74 Å². The van der Waals surface area contributed by atoms with Gasteiger partial charge in [-0.1, -0.05) is 6.92 Å². The molecule has 0 aliphatic carbocycles. The number of aromatic amines is 1. The summed E-state index contributed by atoms with van der Waals surface area (Å²) in [5.74, 6) is 0.880. The van der Waals surface area contributed by atoms with Crippen molar-refractivity contribution in [1.82, 2.24) is 4.98 Å². The Morgan fingerprint density at radius 2 is 1.82 bits per heavy atom. The zero-order chi connectivity index (χ0) is 16.3. The van der Waals surface area contributed by atoms with Crippen molar-refractivity contribution in [3.05, 3.63) is 50.9 Å². The van der Waals surface area contributed by atoms with Crippen molar-refractivity contribution in [3.63, 3.8) is 0 Å². The van der Waals surface area contributed by atoms with Crippen LogP contribution in [-0.2, 0) is 0 Å². The normalized spacial score (nSPS) is 10.3. The lowest BCUT2D eigenvalue weighted by Crippen LogP contribution is -2.12. The second-order valence-corrected chi connectivity index (χ2v) is 5.47. The number of aryl methyl sites for hydroxylation is 3. The average molecular weight is 296 g/mol. The number of aromatic nitrogens is 1. The highest BCUT2D eigenvalue weighted by Crippen LogP contribution is 2.31. The van der Waals surface area contributed by atoms with Gasteiger partial charge in [0.05, 0.1) is 6.61 Å². The Bertz CT molecular complexity index is 775. The third-order valence-electron chi connectivity index (χ3n) is 3.50. The van der Waals surface area contributed by atoms with E-state index in [9.17, 15) is 10.1 Å². The second-order valence-electron chi connectivity index (χ2n) is 5.47. The van der Waals surface area contributed by atoms with E-state index in [1.54, 1.807) is 0 Å². The van der Waals surface area contributed by atoms with Gasteiger partial charge in [-0.3, -0.25) is 4.79 Å². The van der Waals surface area contributed by atoms with Gasteiger partial charge in [0.2, 0.25) is 0 Å². The van der Waals surface area contributed by atoms with Crippen LogP contribution >= 0.6 is 0 Å². The van der Waals surface area contributed by atoms with Gasteiger partial charge >= 0.3 is 0 Å². The number of rotatable bonds is 4. The first kappa shape index (κ1) is 15.8. The highest BCUT2D eigenvalue weighted by atomic mass is 16.5. The molecule has 1 heterocycles. The number of hydrogen-bond donors (Lipinski definition) is 1.